The SMILES string of the molecule is NC(=O)OCC1COc2cc(-c3nc(N4CC(O)C4)nc4c3CCC4(F)F)ccc21. The molecular weight excluding hydrogens is 398 g/mol. The fourth-order valence-electron chi connectivity index (χ4n) is 4.16. The van der Waals surface area contributed by atoms with Gasteiger partial charge in [0.25, 0.3) is 5.92 Å². The van der Waals surface area contributed by atoms with Gasteiger partial charge in [-0.15, -0.1) is 0 Å². The van der Waals surface area contributed by atoms with Gasteiger partial charge in [-0.2, -0.15) is 8.78 Å². The zero-order valence-electron chi connectivity index (χ0n) is 16.0. The van der Waals surface area contributed by atoms with Crippen LogP contribution in [0.3, 0.4) is 0 Å². The molecule has 1 atom stereocenters. The van der Waals surface area contributed by atoms with Crippen molar-refractivity contribution in [3.63, 3.8) is 0 Å². The van der Waals surface area contributed by atoms with Gasteiger partial charge >= 0.3 is 6.09 Å². The van der Waals surface area contributed by atoms with Crippen LogP contribution in [0.25, 0.3) is 11.3 Å². The van der Waals surface area contributed by atoms with Crippen LogP contribution in [0.15, 0.2) is 18.2 Å². The molecule has 1 saturated heterocycles. The topological polar surface area (TPSA) is 111 Å². The summed E-state index contributed by atoms with van der Waals surface area (Å²) in [4.78, 5) is 21.3. The summed E-state index contributed by atoms with van der Waals surface area (Å²) in [5.74, 6) is -2.34. The zero-order valence-corrected chi connectivity index (χ0v) is 16.0. The highest BCUT2D eigenvalue weighted by Crippen LogP contribution is 2.45. The third-order valence-corrected chi connectivity index (χ3v) is 5.77. The van der Waals surface area contributed by atoms with E-state index in [0.717, 1.165) is 5.56 Å². The van der Waals surface area contributed by atoms with Crippen molar-refractivity contribution >= 4 is 12.0 Å². The predicted molar refractivity (Wildman–Crippen MR) is 102 cm³/mol. The molecule has 1 fully saturated rings. The third-order valence-electron chi connectivity index (χ3n) is 5.77. The highest BCUT2D eigenvalue weighted by atomic mass is 19.3. The van der Waals surface area contributed by atoms with Gasteiger partial charge < -0.3 is 25.2 Å². The Kier molecular flexibility index (Phi) is 4.28. The summed E-state index contributed by atoms with van der Waals surface area (Å²) in [5.41, 5.74) is 7.21. The number of primary amides is 1. The van der Waals surface area contributed by atoms with Gasteiger partial charge in [0.05, 0.1) is 24.3 Å². The molecule has 3 heterocycles. The number of halogens is 2. The highest BCUT2D eigenvalue weighted by Gasteiger charge is 2.44. The molecule has 1 aromatic carbocycles. The van der Waals surface area contributed by atoms with Crippen LogP contribution in [0.5, 0.6) is 5.75 Å². The van der Waals surface area contributed by atoms with Crippen LogP contribution in [0, 0.1) is 0 Å². The molecule has 3 N–H and O–H groups in total. The van der Waals surface area contributed by atoms with E-state index in [1.165, 1.54) is 0 Å². The first-order valence-corrected chi connectivity index (χ1v) is 9.73. The maximum Gasteiger partial charge on any atom is 0.404 e. The molecule has 10 heteroatoms. The van der Waals surface area contributed by atoms with Gasteiger partial charge in [-0.25, -0.2) is 14.8 Å². The van der Waals surface area contributed by atoms with Crippen LogP contribution in [0.2, 0.25) is 0 Å². The van der Waals surface area contributed by atoms with Crippen LogP contribution >= 0.6 is 0 Å². The van der Waals surface area contributed by atoms with Crippen molar-refractivity contribution in [3.8, 4) is 17.0 Å². The van der Waals surface area contributed by atoms with Gasteiger partial charge in [-0.05, 0) is 12.5 Å². The second-order valence-corrected chi connectivity index (χ2v) is 7.85. The number of hydrogen-bond donors (Lipinski definition) is 2. The minimum absolute atomic E-state index is 0.109. The highest BCUT2D eigenvalue weighted by molar-refractivity contribution is 5.70. The third kappa shape index (κ3) is 3.11. The number of anilines is 1. The summed E-state index contributed by atoms with van der Waals surface area (Å²) >= 11 is 0. The molecule has 1 amide bonds. The average Bonchev–Trinajstić information content (AvgIpc) is 3.23. The van der Waals surface area contributed by atoms with Gasteiger partial charge in [0.15, 0.2) is 0 Å². The van der Waals surface area contributed by atoms with Crippen molar-refractivity contribution in [1.29, 1.82) is 0 Å². The minimum atomic E-state index is -3.00. The Balaban J connectivity index is 1.52. The van der Waals surface area contributed by atoms with E-state index < -0.39 is 18.1 Å². The lowest BCUT2D eigenvalue weighted by Gasteiger charge is -2.36. The number of aliphatic hydroxyl groups is 1. The van der Waals surface area contributed by atoms with Crippen molar-refractivity contribution in [1.82, 2.24) is 9.97 Å². The Bertz CT molecular complexity index is 1030. The van der Waals surface area contributed by atoms with E-state index >= 15 is 0 Å². The lowest BCUT2D eigenvalue weighted by Crippen LogP contribution is -2.51. The lowest BCUT2D eigenvalue weighted by molar-refractivity contribution is -0.00597. The normalized spacial score (nSPS) is 21.6. The molecule has 30 heavy (non-hydrogen) atoms. The molecule has 158 valence electrons. The van der Waals surface area contributed by atoms with Gasteiger partial charge in [-0.1, -0.05) is 12.1 Å². The number of β-amino-alcohol motifs (C(OH)–C–C–N with tert-alkyl or cyclic N) is 1. The van der Waals surface area contributed by atoms with Crippen molar-refractivity contribution in [3.05, 3.63) is 35.0 Å². The molecule has 2 aliphatic heterocycles. The molecule has 1 aliphatic carbocycles. The second kappa shape index (κ2) is 6.76. The van der Waals surface area contributed by atoms with E-state index in [4.69, 9.17) is 15.2 Å². The monoisotopic (exact) mass is 418 g/mol. The lowest BCUT2D eigenvalue weighted by atomic mass is 9.98. The molecule has 5 rings (SSSR count). The van der Waals surface area contributed by atoms with Crippen LogP contribution in [0.4, 0.5) is 19.5 Å². The molecule has 2 aromatic rings. The summed E-state index contributed by atoms with van der Waals surface area (Å²) < 4.78 is 39.5. The molecule has 0 radical (unpaired) electrons. The zero-order chi connectivity index (χ0) is 21.0. The molecule has 8 nitrogen and oxygen atoms in total. The number of carbonyl (C=O) groups is 1. The van der Waals surface area contributed by atoms with E-state index in [2.05, 4.69) is 9.97 Å². The van der Waals surface area contributed by atoms with Crippen molar-refractivity contribution in [2.24, 2.45) is 5.73 Å². The van der Waals surface area contributed by atoms with Crippen LogP contribution in [0.1, 0.15) is 29.2 Å². The van der Waals surface area contributed by atoms with E-state index in [-0.39, 0.29) is 37.0 Å². The number of aromatic nitrogens is 2. The van der Waals surface area contributed by atoms with Crippen LogP contribution < -0.4 is 15.4 Å². The molecule has 0 spiro atoms. The van der Waals surface area contributed by atoms with Crippen LogP contribution in [-0.2, 0) is 17.1 Å². The standard InChI is InChI=1S/C20H20F2N4O4/c21-20(22)4-3-14-16(24-19(25-17(14)20)26-6-12(27)7-26)10-1-2-13-11(9-30-18(23)28)8-29-15(13)5-10/h1-2,5,11-12,27H,3-4,6-9H2,(H2,23,28). The maximum atomic E-state index is 14.5. The fraction of sp³-hybridized carbons (Fsp3) is 0.450. The Labute approximate surface area is 170 Å². The smallest absolute Gasteiger partial charge is 0.404 e. The first kappa shape index (κ1) is 19.0. The summed E-state index contributed by atoms with van der Waals surface area (Å²) in [6.07, 6.45) is -1.46. The van der Waals surface area contributed by atoms with Gasteiger partial charge in [0, 0.05) is 36.2 Å². The van der Waals surface area contributed by atoms with E-state index in [0.29, 0.717) is 42.3 Å². The quantitative estimate of drug-likeness (QED) is 0.781. The summed E-state index contributed by atoms with van der Waals surface area (Å²) in [7, 11) is 0. The Hall–Kier alpha value is -3.01. The summed E-state index contributed by atoms with van der Waals surface area (Å²) in [6.45, 7) is 1.08. The van der Waals surface area contributed by atoms with Crippen molar-refractivity contribution in [2.75, 3.05) is 31.2 Å². The first-order valence-electron chi connectivity index (χ1n) is 9.73. The summed E-state index contributed by atoms with van der Waals surface area (Å²) in [5, 5.41) is 9.57. The number of aliphatic hydroxyl groups excluding tert-OH is 1. The van der Waals surface area contributed by atoms with Crippen LogP contribution in [-0.4, -0.2) is 53.6 Å². The molecule has 0 saturated carbocycles. The van der Waals surface area contributed by atoms with E-state index in [1.54, 1.807) is 17.0 Å². The molecule has 0 bridgehead atoms. The van der Waals surface area contributed by atoms with Gasteiger partial charge in [-0.3, -0.25) is 0 Å². The maximum absolute atomic E-state index is 14.5. The fourth-order valence-corrected chi connectivity index (χ4v) is 4.16. The number of carbonyl (C=O) groups excluding carboxylic acids is 1. The van der Waals surface area contributed by atoms with Crippen molar-refractivity contribution in [2.45, 2.75) is 30.8 Å². The molecule has 3 aliphatic rings. The number of nitrogens with two attached hydrogens (primary N) is 1. The summed E-state index contributed by atoms with van der Waals surface area (Å²) in [6, 6.07) is 5.41. The predicted octanol–water partition coefficient (Wildman–Crippen LogP) is 1.93. The number of nitrogens with zero attached hydrogens (tertiary/aromatic N) is 3. The van der Waals surface area contributed by atoms with Crippen molar-refractivity contribution < 1.29 is 28.2 Å². The number of rotatable bonds is 4. The van der Waals surface area contributed by atoms with Gasteiger partial charge in [0.2, 0.25) is 5.95 Å². The second-order valence-electron chi connectivity index (χ2n) is 7.85. The Morgan fingerprint density at radius 2 is 2.17 bits per heavy atom. The Morgan fingerprint density at radius 3 is 2.90 bits per heavy atom. The number of amides is 1. The largest absolute Gasteiger partial charge is 0.492 e. The van der Waals surface area contributed by atoms with Gasteiger partial charge in [0.1, 0.15) is 18.1 Å². The van der Waals surface area contributed by atoms with E-state index in [1.807, 2.05) is 6.07 Å². The average molecular weight is 418 g/mol. The molecular formula is C20H20F2N4O4. The number of ether oxygens (including phenoxy) is 2. The first-order chi connectivity index (χ1) is 14.3. The van der Waals surface area contributed by atoms with E-state index in [9.17, 15) is 18.7 Å². The number of benzene rings is 1. The Morgan fingerprint density at radius 1 is 1.37 bits per heavy atom. The number of alkyl halides is 2. The molecule has 1 unspecified atom stereocenters. The number of hydrogen-bond acceptors (Lipinski definition) is 7. The minimum Gasteiger partial charge on any atom is -0.492 e. The molecule has 1 aromatic heterocycles. The number of fused-ring (bicyclic) bond motifs is 2.